The van der Waals surface area contributed by atoms with E-state index in [0.717, 1.165) is 19.5 Å². The van der Waals surface area contributed by atoms with Crippen molar-refractivity contribution in [3.8, 4) is 11.8 Å². The molecule has 1 aliphatic heterocycles. The number of nitrogens with zero attached hydrogens (tertiary/aromatic N) is 5. The Labute approximate surface area is 171 Å². The van der Waals surface area contributed by atoms with E-state index in [1.807, 2.05) is 4.90 Å². The molecular weight excluding hydrogens is 374 g/mol. The molecule has 0 saturated carbocycles. The second-order valence-corrected chi connectivity index (χ2v) is 7.60. The first-order valence-electron chi connectivity index (χ1n) is 9.85. The fourth-order valence-corrected chi connectivity index (χ4v) is 3.62. The maximum absolute atomic E-state index is 13.3. The minimum absolute atomic E-state index is 0.135. The summed E-state index contributed by atoms with van der Waals surface area (Å²) in [6, 6.07) is 3.20. The molecule has 9 nitrogen and oxygen atoms in total. The highest BCUT2D eigenvalue weighted by molar-refractivity contribution is 5.96. The number of carbonyl (C=O) groups is 1. The van der Waals surface area contributed by atoms with Gasteiger partial charge in [-0.05, 0) is 25.3 Å². The number of aromatic nitrogens is 3. The Morgan fingerprint density at radius 3 is 2.66 bits per heavy atom. The van der Waals surface area contributed by atoms with Crippen LogP contribution < -0.4 is 9.47 Å². The number of hydrogen-bond acceptors (Lipinski definition) is 8. The van der Waals surface area contributed by atoms with Gasteiger partial charge in [-0.3, -0.25) is 9.69 Å². The fraction of sp³-hybridized carbons (Fsp3) is 0.600. The zero-order valence-corrected chi connectivity index (χ0v) is 17.7. The lowest BCUT2D eigenvalue weighted by molar-refractivity contribution is 0.0704. The molecule has 1 amide bonds. The molecule has 0 bridgehead atoms. The Balaban J connectivity index is 1.89. The van der Waals surface area contributed by atoms with Crippen molar-refractivity contribution in [2.24, 2.45) is 5.92 Å². The number of methoxy groups -OCH3 is 2. The van der Waals surface area contributed by atoms with Crippen molar-refractivity contribution in [2.75, 3.05) is 40.4 Å². The van der Waals surface area contributed by atoms with Gasteiger partial charge in [-0.25, -0.2) is 0 Å². The minimum atomic E-state index is -0.151. The number of aryl methyl sites for hydroxylation is 1. The van der Waals surface area contributed by atoms with E-state index in [1.54, 1.807) is 19.1 Å². The van der Waals surface area contributed by atoms with E-state index in [9.17, 15) is 4.79 Å². The van der Waals surface area contributed by atoms with Gasteiger partial charge in [-0.2, -0.15) is 9.97 Å². The van der Waals surface area contributed by atoms with Gasteiger partial charge in [-0.1, -0.05) is 19.0 Å². The van der Waals surface area contributed by atoms with E-state index in [2.05, 4.69) is 33.9 Å². The topological polar surface area (TPSA) is 93.8 Å². The Hall–Kier alpha value is -2.68. The maximum atomic E-state index is 13.3. The van der Waals surface area contributed by atoms with Crippen molar-refractivity contribution >= 4 is 5.91 Å². The zero-order chi connectivity index (χ0) is 21.0. The van der Waals surface area contributed by atoms with Gasteiger partial charge < -0.3 is 18.9 Å². The van der Waals surface area contributed by atoms with Crippen molar-refractivity contribution in [3.05, 3.63) is 29.4 Å². The summed E-state index contributed by atoms with van der Waals surface area (Å²) in [6.07, 6.45) is 0.855. The van der Waals surface area contributed by atoms with Crippen molar-refractivity contribution in [1.29, 1.82) is 0 Å². The van der Waals surface area contributed by atoms with E-state index < -0.39 is 0 Å². The summed E-state index contributed by atoms with van der Waals surface area (Å²) in [7, 11) is 3.02. The van der Waals surface area contributed by atoms with E-state index in [1.165, 1.54) is 14.2 Å². The van der Waals surface area contributed by atoms with E-state index >= 15 is 0 Å². The van der Waals surface area contributed by atoms with Crippen molar-refractivity contribution in [3.63, 3.8) is 0 Å². The molecule has 0 radical (unpaired) electrons. The van der Waals surface area contributed by atoms with Crippen LogP contribution in [0.5, 0.6) is 11.8 Å². The zero-order valence-electron chi connectivity index (χ0n) is 17.7. The normalized spacial score (nSPS) is 18.0. The van der Waals surface area contributed by atoms with Crippen LogP contribution in [-0.4, -0.2) is 71.2 Å². The van der Waals surface area contributed by atoms with Gasteiger partial charge in [-0.15, -0.1) is 0 Å². The number of ether oxygens (including phenoxy) is 2. The Bertz CT molecular complexity index is 838. The summed E-state index contributed by atoms with van der Waals surface area (Å²) >= 11 is 0. The highest BCUT2D eigenvalue weighted by atomic mass is 16.5. The molecule has 1 unspecified atom stereocenters. The van der Waals surface area contributed by atoms with Gasteiger partial charge in [0.15, 0.2) is 5.82 Å². The summed E-state index contributed by atoms with van der Waals surface area (Å²) in [5.41, 5.74) is 0.408. The fourth-order valence-electron chi connectivity index (χ4n) is 3.62. The largest absolute Gasteiger partial charge is 0.481 e. The monoisotopic (exact) mass is 403 g/mol. The van der Waals surface area contributed by atoms with Gasteiger partial charge >= 0.3 is 0 Å². The lowest BCUT2D eigenvalue weighted by atomic mass is 10.1. The van der Waals surface area contributed by atoms with Crippen LogP contribution in [0.25, 0.3) is 0 Å². The Morgan fingerprint density at radius 1 is 1.24 bits per heavy atom. The van der Waals surface area contributed by atoms with E-state index in [0.29, 0.717) is 42.2 Å². The maximum Gasteiger partial charge on any atom is 0.259 e. The molecule has 0 spiro atoms. The van der Waals surface area contributed by atoms with Crippen LogP contribution in [0, 0.1) is 12.8 Å². The number of rotatable bonds is 6. The molecule has 29 heavy (non-hydrogen) atoms. The highest BCUT2D eigenvalue weighted by Gasteiger charge is 2.33. The third-order valence-electron chi connectivity index (χ3n) is 4.89. The Morgan fingerprint density at radius 2 is 2.03 bits per heavy atom. The molecule has 3 heterocycles. The SMILES string of the molecule is COc1ccc(C(=O)N2CCCN(CC(C)C)C(c3nc(C)no3)C2)c(OC)n1. The van der Waals surface area contributed by atoms with Crippen molar-refractivity contribution in [2.45, 2.75) is 33.2 Å². The minimum Gasteiger partial charge on any atom is -0.481 e. The number of carbonyl (C=O) groups excluding carboxylic acids is 1. The third kappa shape index (κ3) is 4.84. The lowest BCUT2D eigenvalue weighted by Gasteiger charge is -2.30. The van der Waals surface area contributed by atoms with Gasteiger partial charge in [0, 0.05) is 32.2 Å². The van der Waals surface area contributed by atoms with Crippen LogP contribution in [0.4, 0.5) is 0 Å². The summed E-state index contributed by atoms with van der Waals surface area (Å²) in [6.45, 7) is 8.99. The van der Waals surface area contributed by atoms with Crippen LogP contribution in [-0.2, 0) is 0 Å². The molecule has 158 valence electrons. The van der Waals surface area contributed by atoms with Crippen LogP contribution in [0.3, 0.4) is 0 Å². The average molecular weight is 403 g/mol. The first-order valence-corrected chi connectivity index (χ1v) is 9.85. The molecule has 0 aromatic carbocycles. The van der Waals surface area contributed by atoms with Crippen LogP contribution >= 0.6 is 0 Å². The van der Waals surface area contributed by atoms with Crippen LogP contribution in [0.2, 0.25) is 0 Å². The molecule has 1 saturated heterocycles. The van der Waals surface area contributed by atoms with Gasteiger partial charge in [0.05, 0.1) is 14.2 Å². The second kappa shape index (κ2) is 9.21. The van der Waals surface area contributed by atoms with E-state index in [4.69, 9.17) is 14.0 Å². The Kier molecular flexibility index (Phi) is 6.68. The van der Waals surface area contributed by atoms with Gasteiger partial charge in [0.1, 0.15) is 11.6 Å². The molecule has 0 N–H and O–H groups in total. The predicted molar refractivity (Wildman–Crippen MR) is 106 cm³/mol. The molecule has 1 aliphatic rings. The summed E-state index contributed by atoms with van der Waals surface area (Å²) < 4.78 is 16.0. The average Bonchev–Trinajstić information content (AvgIpc) is 3.03. The molecule has 2 aromatic heterocycles. The number of hydrogen-bond donors (Lipinski definition) is 0. The van der Waals surface area contributed by atoms with Gasteiger partial charge in [0.25, 0.3) is 5.91 Å². The molecule has 9 heteroatoms. The number of amides is 1. The summed E-state index contributed by atoms with van der Waals surface area (Å²) in [4.78, 5) is 26.2. The molecule has 0 aliphatic carbocycles. The van der Waals surface area contributed by atoms with Crippen LogP contribution in [0.15, 0.2) is 16.7 Å². The lowest BCUT2D eigenvalue weighted by Crippen LogP contribution is -2.39. The molecule has 1 fully saturated rings. The molecule has 2 aromatic rings. The van der Waals surface area contributed by atoms with Crippen molar-refractivity contribution in [1.82, 2.24) is 24.9 Å². The van der Waals surface area contributed by atoms with E-state index in [-0.39, 0.29) is 17.8 Å². The number of pyridine rings is 1. The second-order valence-electron chi connectivity index (χ2n) is 7.60. The van der Waals surface area contributed by atoms with Crippen molar-refractivity contribution < 1.29 is 18.8 Å². The summed E-state index contributed by atoms with van der Waals surface area (Å²) in [5.74, 6) is 2.13. The third-order valence-corrected chi connectivity index (χ3v) is 4.89. The quantitative estimate of drug-likeness (QED) is 0.725. The molecule has 1 atom stereocenters. The van der Waals surface area contributed by atoms with Crippen LogP contribution in [0.1, 0.15) is 48.4 Å². The van der Waals surface area contributed by atoms with Gasteiger partial charge in [0.2, 0.25) is 17.7 Å². The predicted octanol–water partition coefficient (Wildman–Crippen LogP) is 2.34. The summed E-state index contributed by atoms with van der Waals surface area (Å²) in [5, 5.41) is 3.95. The molecule has 3 rings (SSSR count). The highest BCUT2D eigenvalue weighted by Crippen LogP contribution is 2.28. The standard InChI is InChI=1S/C20H29N5O4/c1-13(2)11-24-9-6-10-25(12-16(24)19-21-14(3)23-29-19)20(26)15-7-8-17(27-4)22-18(15)28-5/h7-8,13,16H,6,9-12H2,1-5H3. The first-order chi connectivity index (χ1) is 13.9. The first kappa shape index (κ1) is 21.0. The smallest absolute Gasteiger partial charge is 0.259 e. The molecular formula is C20H29N5O4.